The molecule has 1 aromatic carbocycles. The van der Waals surface area contributed by atoms with Crippen LogP contribution >= 0.6 is 0 Å². The minimum Gasteiger partial charge on any atom is -0.469 e. The van der Waals surface area contributed by atoms with Crippen LogP contribution in [0, 0.1) is 0 Å². The van der Waals surface area contributed by atoms with Gasteiger partial charge < -0.3 is 15.0 Å². The van der Waals surface area contributed by atoms with E-state index < -0.39 is 0 Å². The maximum absolute atomic E-state index is 12.4. The normalized spacial score (nSPS) is 9.91. The van der Waals surface area contributed by atoms with Crippen LogP contribution in [-0.2, 0) is 25.5 Å². The zero-order valence-corrected chi connectivity index (χ0v) is 13.0. The lowest BCUT2D eigenvalue weighted by molar-refractivity contribution is -0.141. The van der Waals surface area contributed by atoms with Crippen LogP contribution < -0.4 is 5.32 Å². The van der Waals surface area contributed by atoms with Gasteiger partial charge in [0.25, 0.3) is 0 Å². The standard InChI is InChI=1S/C16H22N2O4/c1-13(19)17-9-11-18(10-8-16(21)22-2)15(20)12-14-6-4-3-5-7-14/h3-7H,8-12H2,1-2H3,(H,17,19). The quantitative estimate of drug-likeness (QED) is 0.719. The Kier molecular flexibility index (Phi) is 7.67. The first-order chi connectivity index (χ1) is 10.5. The van der Waals surface area contributed by atoms with E-state index in [0.29, 0.717) is 13.1 Å². The van der Waals surface area contributed by atoms with E-state index in [0.717, 1.165) is 5.56 Å². The Morgan fingerprint density at radius 3 is 2.41 bits per heavy atom. The molecule has 6 heteroatoms. The van der Waals surface area contributed by atoms with Gasteiger partial charge in [-0.3, -0.25) is 14.4 Å². The maximum Gasteiger partial charge on any atom is 0.307 e. The summed E-state index contributed by atoms with van der Waals surface area (Å²) in [6.07, 6.45) is 0.402. The van der Waals surface area contributed by atoms with E-state index in [9.17, 15) is 14.4 Å². The van der Waals surface area contributed by atoms with Gasteiger partial charge in [0.15, 0.2) is 0 Å². The number of amides is 2. The lowest BCUT2D eigenvalue weighted by Crippen LogP contribution is -2.40. The molecular formula is C16H22N2O4. The Morgan fingerprint density at radius 2 is 1.82 bits per heavy atom. The van der Waals surface area contributed by atoms with Crippen LogP contribution in [0.2, 0.25) is 0 Å². The minimum absolute atomic E-state index is 0.0829. The van der Waals surface area contributed by atoms with Gasteiger partial charge in [0.05, 0.1) is 20.0 Å². The molecule has 0 spiro atoms. The Hall–Kier alpha value is -2.37. The first-order valence-corrected chi connectivity index (χ1v) is 7.16. The Labute approximate surface area is 130 Å². The summed E-state index contributed by atoms with van der Waals surface area (Å²) in [5.74, 6) is -0.596. The van der Waals surface area contributed by atoms with Crippen LogP contribution in [0.3, 0.4) is 0 Å². The number of carbonyl (C=O) groups excluding carboxylic acids is 3. The number of nitrogens with one attached hydrogen (secondary N) is 1. The van der Waals surface area contributed by atoms with Gasteiger partial charge >= 0.3 is 5.97 Å². The number of methoxy groups -OCH3 is 1. The van der Waals surface area contributed by atoms with Gasteiger partial charge in [0.1, 0.15) is 0 Å². The monoisotopic (exact) mass is 306 g/mol. The smallest absolute Gasteiger partial charge is 0.307 e. The lowest BCUT2D eigenvalue weighted by Gasteiger charge is -2.22. The highest BCUT2D eigenvalue weighted by Gasteiger charge is 2.15. The van der Waals surface area contributed by atoms with Crippen LogP contribution in [0.15, 0.2) is 30.3 Å². The number of rotatable bonds is 8. The zero-order chi connectivity index (χ0) is 16.4. The largest absolute Gasteiger partial charge is 0.469 e. The number of benzene rings is 1. The summed E-state index contributed by atoms with van der Waals surface area (Å²) in [7, 11) is 1.32. The Morgan fingerprint density at radius 1 is 1.14 bits per heavy atom. The second-order valence-electron chi connectivity index (χ2n) is 4.85. The van der Waals surface area contributed by atoms with E-state index in [2.05, 4.69) is 10.1 Å². The fourth-order valence-electron chi connectivity index (χ4n) is 1.94. The molecule has 0 aliphatic rings. The number of hydrogen-bond donors (Lipinski definition) is 1. The van der Waals surface area contributed by atoms with Crippen molar-refractivity contribution >= 4 is 17.8 Å². The van der Waals surface area contributed by atoms with Gasteiger partial charge in [0.2, 0.25) is 11.8 Å². The van der Waals surface area contributed by atoms with Gasteiger partial charge in [-0.15, -0.1) is 0 Å². The van der Waals surface area contributed by atoms with Crippen molar-refractivity contribution in [3.05, 3.63) is 35.9 Å². The van der Waals surface area contributed by atoms with Crippen molar-refractivity contribution in [3.8, 4) is 0 Å². The zero-order valence-electron chi connectivity index (χ0n) is 13.0. The summed E-state index contributed by atoms with van der Waals surface area (Å²) in [4.78, 5) is 36.1. The molecule has 0 atom stereocenters. The number of nitrogens with zero attached hydrogens (tertiary/aromatic N) is 1. The van der Waals surface area contributed by atoms with Crippen molar-refractivity contribution < 1.29 is 19.1 Å². The van der Waals surface area contributed by atoms with Crippen molar-refractivity contribution in [3.63, 3.8) is 0 Å². The molecule has 0 heterocycles. The van der Waals surface area contributed by atoms with E-state index in [1.54, 1.807) is 4.90 Å². The third-order valence-electron chi connectivity index (χ3n) is 3.12. The van der Waals surface area contributed by atoms with Gasteiger partial charge in [-0.2, -0.15) is 0 Å². The van der Waals surface area contributed by atoms with E-state index in [1.807, 2.05) is 30.3 Å². The van der Waals surface area contributed by atoms with Gasteiger partial charge in [-0.25, -0.2) is 0 Å². The van der Waals surface area contributed by atoms with Crippen molar-refractivity contribution in [2.45, 2.75) is 19.8 Å². The molecule has 1 aromatic rings. The third-order valence-corrected chi connectivity index (χ3v) is 3.12. The molecule has 0 aliphatic heterocycles. The summed E-state index contributed by atoms with van der Waals surface area (Å²) in [5.41, 5.74) is 0.912. The SMILES string of the molecule is COC(=O)CCN(CCNC(C)=O)C(=O)Cc1ccccc1. The molecule has 0 aliphatic carbocycles. The number of carbonyl (C=O) groups is 3. The fourth-order valence-corrected chi connectivity index (χ4v) is 1.94. The summed E-state index contributed by atoms with van der Waals surface area (Å²) >= 11 is 0. The minimum atomic E-state index is -0.364. The van der Waals surface area contributed by atoms with Crippen LogP contribution in [0.5, 0.6) is 0 Å². The van der Waals surface area contributed by atoms with Crippen molar-refractivity contribution in [1.29, 1.82) is 0 Å². The Bertz CT molecular complexity index is 502. The molecule has 0 fully saturated rings. The highest BCUT2D eigenvalue weighted by atomic mass is 16.5. The van der Waals surface area contributed by atoms with Gasteiger partial charge in [-0.05, 0) is 5.56 Å². The molecule has 0 aromatic heterocycles. The maximum atomic E-state index is 12.4. The summed E-state index contributed by atoms with van der Waals surface area (Å²) < 4.78 is 4.59. The third kappa shape index (κ3) is 6.88. The van der Waals surface area contributed by atoms with Crippen molar-refractivity contribution in [2.24, 2.45) is 0 Å². The first-order valence-electron chi connectivity index (χ1n) is 7.16. The topological polar surface area (TPSA) is 75.7 Å². The molecule has 2 amide bonds. The van der Waals surface area contributed by atoms with Crippen LogP contribution in [-0.4, -0.2) is 49.4 Å². The van der Waals surface area contributed by atoms with E-state index in [1.165, 1.54) is 14.0 Å². The van der Waals surface area contributed by atoms with Crippen LogP contribution in [0.4, 0.5) is 0 Å². The van der Waals surface area contributed by atoms with Crippen molar-refractivity contribution in [1.82, 2.24) is 10.2 Å². The Balaban J connectivity index is 2.59. The number of hydrogen-bond acceptors (Lipinski definition) is 4. The summed E-state index contributed by atoms with van der Waals surface area (Å²) in [6.45, 7) is 2.42. The first kappa shape index (κ1) is 17.7. The molecule has 0 radical (unpaired) electrons. The number of ether oxygens (including phenoxy) is 1. The molecule has 0 saturated heterocycles. The van der Waals surface area contributed by atoms with E-state index >= 15 is 0 Å². The predicted molar refractivity (Wildman–Crippen MR) is 82.0 cm³/mol. The van der Waals surface area contributed by atoms with Gasteiger partial charge in [-0.1, -0.05) is 30.3 Å². The van der Waals surface area contributed by atoms with Crippen molar-refractivity contribution in [2.75, 3.05) is 26.7 Å². The van der Waals surface area contributed by atoms with E-state index in [4.69, 9.17) is 0 Å². The molecule has 1 rings (SSSR count). The molecule has 0 saturated carbocycles. The molecule has 0 unspecified atom stereocenters. The average Bonchev–Trinajstić information content (AvgIpc) is 2.50. The molecule has 1 N–H and O–H groups in total. The highest BCUT2D eigenvalue weighted by molar-refractivity contribution is 5.79. The molecule has 0 bridgehead atoms. The van der Waals surface area contributed by atoms with Crippen LogP contribution in [0.1, 0.15) is 18.9 Å². The molecule has 6 nitrogen and oxygen atoms in total. The molecule has 22 heavy (non-hydrogen) atoms. The molecular weight excluding hydrogens is 284 g/mol. The number of esters is 1. The summed E-state index contributed by atoms with van der Waals surface area (Å²) in [6, 6.07) is 9.39. The average molecular weight is 306 g/mol. The highest BCUT2D eigenvalue weighted by Crippen LogP contribution is 2.04. The summed E-state index contributed by atoms with van der Waals surface area (Å²) in [5, 5.41) is 2.65. The van der Waals surface area contributed by atoms with Gasteiger partial charge in [0, 0.05) is 26.6 Å². The lowest BCUT2D eigenvalue weighted by atomic mass is 10.1. The second-order valence-corrected chi connectivity index (χ2v) is 4.85. The van der Waals surface area contributed by atoms with Crippen LogP contribution in [0.25, 0.3) is 0 Å². The fraction of sp³-hybridized carbons (Fsp3) is 0.438. The molecule has 120 valence electrons. The second kappa shape index (κ2) is 9.55. The van der Waals surface area contributed by atoms with E-state index in [-0.39, 0.29) is 37.2 Å². The predicted octanol–water partition coefficient (Wildman–Crippen LogP) is 0.757.